The molecule has 2 rings (SSSR count). The fraction of sp³-hybridized carbons (Fsp3) is 0. The predicted molar refractivity (Wildman–Crippen MR) is 47.4 cm³/mol. The summed E-state index contributed by atoms with van der Waals surface area (Å²) in [7, 11) is 0. The molecule has 1 heterocycles. The zero-order valence-electron chi connectivity index (χ0n) is 6.24. The fourth-order valence-electron chi connectivity index (χ4n) is 0.972. The number of rotatable bonds is 1. The van der Waals surface area contributed by atoms with Crippen LogP contribution < -0.4 is 0 Å². The summed E-state index contributed by atoms with van der Waals surface area (Å²) in [4.78, 5) is 3.90. The van der Waals surface area contributed by atoms with Crippen molar-refractivity contribution in [3.8, 4) is 5.69 Å². The molecule has 2 aromatic rings. The molecule has 0 saturated heterocycles. The van der Waals surface area contributed by atoms with Crippen LogP contribution in [0.1, 0.15) is 0 Å². The highest BCUT2D eigenvalue weighted by Crippen LogP contribution is 2.12. The lowest BCUT2D eigenvalue weighted by Crippen LogP contribution is -1.88. The molecule has 3 heteroatoms. The molecule has 0 atom stereocenters. The van der Waals surface area contributed by atoms with E-state index in [1.165, 1.54) is 0 Å². The lowest BCUT2D eigenvalue weighted by atomic mass is 10.3. The summed E-state index contributed by atoms with van der Waals surface area (Å²) in [5.74, 6) is 0. The molecule has 0 spiro atoms. The third-order valence-corrected chi connectivity index (χ3v) is 1.81. The molecule has 0 aliphatic carbocycles. The maximum Gasteiger partial charge on any atom is 0.0997 e. The highest BCUT2D eigenvalue weighted by Gasteiger charge is 1.93. The minimum atomic E-state index is 0.735. The van der Waals surface area contributed by atoms with Gasteiger partial charge in [0.15, 0.2) is 0 Å². The average molecular weight is 178 g/mol. The SMILES string of the molecule is Clc1ccc(-n2[c]cnc2)cc1. The number of imidazole rings is 1. The van der Waals surface area contributed by atoms with E-state index in [1.807, 2.05) is 24.3 Å². The van der Waals surface area contributed by atoms with Crippen molar-refractivity contribution in [2.75, 3.05) is 0 Å². The normalized spacial score (nSPS) is 10.1. The smallest absolute Gasteiger partial charge is 0.0997 e. The molecule has 2 nitrogen and oxygen atoms in total. The van der Waals surface area contributed by atoms with Crippen molar-refractivity contribution in [2.24, 2.45) is 0 Å². The maximum atomic E-state index is 5.74. The van der Waals surface area contributed by atoms with Crippen molar-refractivity contribution in [2.45, 2.75) is 0 Å². The number of hydrogen-bond acceptors (Lipinski definition) is 1. The Kier molecular flexibility index (Phi) is 1.84. The summed E-state index contributed by atoms with van der Waals surface area (Å²) >= 11 is 5.74. The molecule has 12 heavy (non-hydrogen) atoms. The van der Waals surface area contributed by atoms with E-state index in [1.54, 1.807) is 17.1 Å². The van der Waals surface area contributed by atoms with Gasteiger partial charge in [0.05, 0.1) is 18.7 Å². The zero-order chi connectivity index (χ0) is 8.39. The van der Waals surface area contributed by atoms with E-state index >= 15 is 0 Å². The van der Waals surface area contributed by atoms with Crippen LogP contribution in [0.2, 0.25) is 5.02 Å². The molecule has 1 aromatic carbocycles. The Morgan fingerprint density at radius 3 is 2.58 bits per heavy atom. The fourth-order valence-corrected chi connectivity index (χ4v) is 1.10. The van der Waals surface area contributed by atoms with Crippen molar-refractivity contribution >= 4 is 11.6 Å². The van der Waals surface area contributed by atoms with E-state index in [0.717, 1.165) is 10.7 Å². The van der Waals surface area contributed by atoms with Gasteiger partial charge in [-0.3, -0.25) is 4.57 Å². The van der Waals surface area contributed by atoms with Gasteiger partial charge in [-0.2, -0.15) is 0 Å². The monoisotopic (exact) mass is 177 g/mol. The largest absolute Gasteiger partial charge is 0.297 e. The molecule has 1 radical (unpaired) electrons. The predicted octanol–water partition coefficient (Wildman–Crippen LogP) is 2.33. The lowest BCUT2D eigenvalue weighted by molar-refractivity contribution is 1.05. The summed E-state index contributed by atoms with van der Waals surface area (Å²) in [5, 5.41) is 0.735. The van der Waals surface area contributed by atoms with Gasteiger partial charge in [-0.25, -0.2) is 4.98 Å². The first-order valence-electron chi connectivity index (χ1n) is 3.52. The van der Waals surface area contributed by atoms with Crippen LogP contribution in [0.5, 0.6) is 0 Å². The van der Waals surface area contributed by atoms with Crippen molar-refractivity contribution in [1.82, 2.24) is 9.55 Å². The molecule has 0 N–H and O–H groups in total. The van der Waals surface area contributed by atoms with Gasteiger partial charge in [0.2, 0.25) is 0 Å². The molecule has 0 bridgehead atoms. The van der Waals surface area contributed by atoms with Crippen LogP contribution in [0.3, 0.4) is 0 Å². The van der Waals surface area contributed by atoms with Crippen LogP contribution in [-0.2, 0) is 0 Å². The molecule has 59 valence electrons. The van der Waals surface area contributed by atoms with Gasteiger partial charge in [-0.05, 0) is 24.3 Å². The van der Waals surface area contributed by atoms with E-state index in [2.05, 4.69) is 11.2 Å². The second-order valence-corrected chi connectivity index (χ2v) is 2.81. The van der Waals surface area contributed by atoms with Crippen molar-refractivity contribution in [3.63, 3.8) is 0 Å². The first-order chi connectivity index (χ1) is 5.86. The van der Waals surface area contributed by atoms with Gasteiger partial charge < -0.3 is 0 Å². The second-order valence-electron chi connectivity index (χ2n) is 2.37. The van der Waals surface area contributed by atoms with Crippen molar-refractivity contribution in [1.29, 1.82) is 0 Å². The summed E-state index contributed by atoms with van der Waals surface area (Å²) in [6.07, 6.45) is 6.25. The third-order valence-electron chi connectivity index (χ3n) is 1.56. The maximum absolute atomic E-state index is 5.74. The van der Waals surface area contributed by atoms with E-state index in [-0.39, 0.29) is 0 Å². The Labute approximate surface area is 75.4 Å². The molecule has 0 fully saturated rings. The molecular formula is C9H6ClN2. The van der Waals surface area contributed by atoms with Gasteiger partial charge in [-0.1, -0.05) is 11.6 Å². The van der Waals surface area contributed by atoms with Crippen molar-refractivity contribution < 1.29 is 0 Å². The minimum Gasteiger partial charge on any atom is -0.297 e. The molecule has 0 aliphatic rings. The number of hydrogen-bond donors (Lipinski definition) is 0. The Bertz CT molecular complexity index is 351. The molecule has 0 saturated carbocycles. The molecule has 0 amide bonds. The highest BCUT2D eigenvalue weighted by atomic mass is 35.5. The van der Waals surface area contributed by atoms with E-state index < -0.39 is 0 Å². The Morgan fingerprint density at radius 1 is 1.25 bits per heavy atom. The lowest BCUT2D eigenvalue weighted by Gasteiger charge is -1.99. The van der Waals surface area contributed by atoms with Gasteiger partial charge >= 0.3 is 0 Å². The zero-order valence-corrected chi connectivity index (χ0v) is 6.99. The molecular weight excluding hydrogens is 172 g/mol. The topological polar surface area (TPSA) is 17.8 Å². The molecule has 1 aromatic heterocycles. The highest BCUT2D eigenvalue weighted by molar-refractivity contribution is 6.30. The van der Waals surface area contributed by atoms with Crippen LogP contribution in [0, 0.1) is 6.20 Å². The van der Waals surface area contributed by atoms with Gasteiger partial charge in [-0.15, -0.1) is 0 Å². The Balaban J connectivity index is 2.43. The Morgan fingerprint density at radius 2 is 2.00 bits per heavy atom. The van der Waals surface area contributed by atoms with Crippen molar-refractivity contribution in [3.05, 3.63) is 48.0 Å². The first-order valence-corrected chi connectivity index (χ1v) is 3.90. The van der Waals surface area contributed by atoms with Crippen LogP contribution >= 0.6 is 11.6 Å². The number of benzene rings is 1. The quantitative estimate of drug-likeness (QED) is 0.654. The number of aromatic nitrogens is 2. The van der Waals surface area contributed by atoms with Crippen LogP contribution in [0.15, 0.2) is 36.8 Å². The number of halogens is 1. The van der Waals surface area contributed by atoms with E-state index in [0.29, 0.717) is 0 Å². The van der Waals surface area contributed by atoms with E-state index in [9.17, 15) is 0 Å². The van der Waals surface area contributed by atoms with Gasteiger partial charge in [0, 0.05) is 10.7 Å². The summed E-state index contributed by atoms with van der Waals surface area (Å²) in [5.41, 5.74) is 1.01. The summed E-state index contributed by atoms with van der Waals surface area (Å²) in [6, 6.07) is 7.51. The minimum absolute atomic E-state index is 0.735. The second kappa shape index (κ2) is 2.99. The van der Waals surface area contributed by atoms with E-state index in [4.69, 9.17) is 11.6 Å². The summed E-state index contributed by atoms with van der Waals surface area (Å²) in [6.45, 7) is 0. The Hall–Kier alpha value is -1.28. The molecule has 0 aliphatic heterocycles. The van der Waals surface area contributed by atoms with Gasteiger partial charge in [0.1, 0.15) is 0 Å². The molecule has 0 unspecified atom stereocenters. The van der Waals surface area contributed by atoms with Crippen LogP contribution in [0.4, 0.5) is 0 Å². The van der Waals surface area contributed by atoms with Gasteiger partial charge in [0.25, 0.3) is 0 Å². The standard InChI is InChI=1S/C9H6ClN2/c10-8-1-3-9(4-2-8)12-6-5-11-7-12/h1-5,7H. The average Bonchev–Trinajstić information content (AvgIpc) is 2.58. The van der Waals surface area contributed by atoms with Crippen LogP contribution in [0.25, 0.3) is 5.69 Å². The van der Waals surface area contributed by atoms with Crippen LogP contribution in [-0.4, -0.2) is 9.55 Å². The number of nitrogens with zero attached hydrogens (tertiary/aromatic N) is 2. The third kappa shape index (κ3) is 1.34. The summed E-state index contributed by atoms with van der Waals surface area (Å²) < 4.78 is 1.80. The first kappa shape index (κ1) is 7.37.